The second kappa shape index (κ2) is 6.45. The van der Waals surface area contributed by atoms with Crippen molar-refractivity contribution in [2.24, 2.45) is 0 Å². The quantitative estimate of drug-likeness (QED) is 0.808. The van der Waals surface area contributed by atoms with E-state index in [1.54, 1.807) is 12.1 Å². The third-order valence-electron chi connectivity index (χ3n) is 6.07. The molecule has 2 aromatic rings. The zero-order chi connectivity index (χ0) is 17.4. The number of piperidine rings is 1. The highest BCUT2D eigenvalue weighted by molar-refractivity contribution is 5.63. The van der Waals surface area contributed by atoms with Gasteiger partial charge in [-0.3, -0.25) is 0 Å². The Hall–Kier alpha value is -1.87. The van der Waals surface area contributed by atoms with Crippen LogP contribution >= 0.6 is 0 Å². The second-order valence-electron chi connectivity index (χ2n) is 7.91. The van der Waals surface area contributed by atoms with E-state index in [1.807, 2.05) is 6.07 Å². The summed E-state index contributed by atoms with van der Waals surface area (Å²) in [6.45, 7) is 8.64. The molecule has 25 heavy (non-hydrogen) atoms. The highest BCUT2D eigenvalue weighted by atomic mass is 19.1. The molecule has 0 bridgehead atoms. The zero-order valence-electron chi connectivity index (χ0n) is 15.2. The highest BCUT2D eigenvalue weighted by Gasteiger charge is 2.44. The van der Waals surface area contributed by atoms with Crippen molar-refractivity contribution in [1.82, 2.24) is 4.90 Å². The highest BCUT2D eigenvalue weighted by Crippen LogP contribution is 2.47. The number of fused-ring (bicyclic) bond motifs is 2. The first kappa shape index (κ1) is 16.6. The van der Waals surface area contributed by atoms with E-state index >= 15 is 0 Å². The van der Waals surface area contributed by atoms with Crippen LogP contribution in [0.25, 0.3) is 0 Å². The maximum atomic E-state index is 14.0. The first-order valence-corrected chi connectivity index (χ1v) is 9.40. The molecule has 0 aromatic heterocycles. The van der Waals surface area contributed by atoms with Gasteiger partial charge in [0.25, 0.3) is 0 Å². The fraction of sp³-hybridized carbons (Fsp3) is 0.455. The summed E-state index contributed by atoms with van der Waals surface area (Å²) in [6.07, 6.45) is 2.24. The minimum absolute atomic E-state index is 0.106. The lowest BCUT2D eigenvalue weighted by molar-refractivity contribution is 0.135. The van der Waals surface area contributed by atoms with Gasteiger partial charge < -0.3 is 9.80 Å². The number of nitrogens with zero attached hydrogens (tertiary/aromatic N) is 2. The van der Waals surface area contributed by atoms with Crippen LogP contribution in [-0.2, 0) is 12.0 Å². The van der Waals surface area contributed by atoms with Gasteiger partial charge in [0.05, 0.1) is 0 Å². The van der Waals surface area contributed by atoms with Gasteiger partial charge in [0.15, 0.2) is 0 Å². The van der Waals surface area contributed by atoms with Crippen molar-refractivity contribution in [2.45, 2.75) is 44.7 Å². The van der Waals surface area contributed by atoms with Gasteiger partial charge in [-0.2, -0.15) is 0 Å². The summed E-state index contributed by atoms with van der Waals surface area (Å²) in [7, 11) is 0. The van der Waals surface area contributed by atoms with E-state index in [1.165, 1.54) is 16.8 Å². The minimum atomic E-state index is -0.106. The third-order valence-corrected chi connectivity index (χ3v) is 6.07. The fourth-order valence-corrected chi connectivity index (χ4v) is 4.59. The number of anilines is 1. The van der Waals surface area contributed by atoms with Gasteiger partial charge in [-0.05, 0) is 69.1 Å². The first-order chi connectivity index (χ1) is 12.1. The van der Waals surface area contributed by atoms with E-state index in [4.69, 9.17) is 0 Å². The smallest absolute Gasteiger partial charge is 0.123 e. The Morgan fingerprint density at radius 3 is 2.44 bits per heavy atom. The van der Waals surface area contributed by atoms with Crippen molar-refractivity contribution in [3.05, 3.63) is 65.5 Å². The Morgan fingerprint density at radius 1 is 1.04 bits per heavy atom. The molecule has 132 valence electrons. The van der Waals surface area contributed by atoms with Crippen molar-refractivity contribution < 1.29 is 4.39 Å². The van der Waals surface area contributed by atoms with Crippen LogP contribution in [-0.4, -0.2) is 30.6 Å². The Morgan fingerprint density at radius 2 is 1.76 bits per heavy atom. The van der Waals surface area contributed by atoms with E-state index in [0.717, 1.165) is 39.0 Å². The van der Waals surface area contributed by atoms with E-state index < -0.39 is 0 Å². The molecule has 2 nitrogen and oxygen atoms in total. The van der Waals surface area contributed by atoms with Crippen molar-refractivity contribution >= 4 is 5.69 Å². The minimum Gasteiger partial charge on any atom is -0.366 e. The van der Waals surface area contributed by atoms with Gasteiger partial charge in [-0.15, -0.1) is 0 Å². The van der Waals surface area contributed by atoms with Gasteiger partial charge in [-0.1, -0.05) is 30.3 Å². The molecule has 1 fully saturated rings. The van der Waals surface area contributed by atoms with Gasteiger partial charge in [0.2, 0.25) is 0 Å². The summed E-state index contributed by atoms with van der Waals surface area (Å²) in [5.74, 6) is -0.106. The number of likely N-dealkylation sites (tertiary alicyclic amines) is 1. The molecule has 2 aliphatic heterocycles. The van der Waals surface area contributed by atoms with Crippen LogP contribution in [0.3, 0.4) is 0 Å². The van der Waals surface area contributed by atoms with Gasteiger partial charge in [0.1, 0.15) is 5.82 Å². The molecule has 1 spiro atoms. The zero-order valence-corrected chi connectivity index (χ0v) is 15.2. The van der Waals surface area contributed by atoms with Crippen LogP contribution in [0.4, 0.5) is 10.1 Å². The Kier molecular flexibility index (Phi) is 4.28. The monoisotopic (exact) mass is 338 g/mol. The number of halogens is 1. The summed E-state index contributed by atoms with van der Waals surface area (Å²) < 4.78 is 14.0. The lowest BCUT2D eigenvalue weighted by Gasteiger charge is -2.41. The average Bonchev–Trinajstić information content (AvgIpc) is 2.89. The second-order valence-corrected chi connectivity index (χ2v) is 7.91. The third kappa shape index (κ3) is 3.06. The molecule has 2 heterocycles. The molecule has 4 rings (SSSR count). The summed E-state index contributed by atoms with van der Waals surface area (Å²) in [4.78, 5) is 5.00. The molecule has 0 radical (unpaired) electrons. The van der Waals surface area contributed by atoms with Crippen LogP contribution in [0.5, 0.6) is 0 Å². The molecule has 0 unspecified atom stereocenters. The Balaban J connectivity index is 1.63. The van der Waals surface area contributed by atoms with Crippen molar-refractivity contribution in [3.63, 3.8) is 0 Å². The van der Waals surface area contributed by atoms with E-state index in [0.29, 0.717) is 6.04 Å². The summed E-state index contributed by atoms with van der Waals surface area (Å²) in [5.41, 5.74) is 3.88. The van der Waals surface area contributed by atoms with Crippen LogP contribution < -0.4 is 4.90 Å². The molecule has 0 saturated carbocycles. The number of benzene rings is 2. The predicted octanol–water partition coefficient (Wildman–Crippen LogP) is 4.59. The Labute approximate surface area is 150 Å². The lowest BCUT2D eigenvalue weighted by atomic mass is 9.74. The van der Waals surface area contributed by atoms with Crippen molar-refractivity contribution in [1.29, 1.82) is 0 Å². The predicted molar refractivity (Wildman–Crippen MR) is 102 cm³/mol. The molecule has 2 aliphatic rings. The molecular weight excluding hydrogens is 311 g/mol. The normalized spacial score (nSPS) is 19.6. The van der Waals surface area contributed by atoms with E-state index in [-0.39, 0.29) is 11.2 Å². The number of hydrogen-bond acceptors (Lipinski definition) is 2. The van der Waals surface area contributed by atoms with Crippen molar-refractivity contribution in [3.8, 4) is 0 Å². The molecule has 3 heteroatoms. The largest absolute Gasteiger partial charge is 0.366 e. The summed E-state index contributed by atoms with van der Waals surface area (Å²) >= 11 is 0. The fourth-order valence-electron chi connectivity index (χ4n) is 4.59. The van der Waals surface area contributed by atoms with Gasteiger partial charge in [0, 0.05) is 30.2 Å². The van der Waals surface area contributed by atoms with Crippen LogP contribution in [0.15, 0.2) is 48.5 Å². The number of rotatable bonds is 3. The van der Waals surface area contributed by atoms with Crippen LogP contribution in [0, 0.1) is 5.82 Å². The summed E-state index contributed by atoms with van der Waals surface area (Å²) in [5, 5.41) is 0. The molecule has 0 atom stereocenters. The SMILES string of the molecule is CC(C)N1CCC2(CC1)CN(Cc1ccccc1)c1ccc(F)cc12. The molecular formula is C22H27FN2. The molecule has 2 aromatic carbocycles. The molecule has 1 saturated heterocycles. The van der Waals surface area contributed by atoms with Crippen molar-refractivity contribution in [2.75, 3.05) is 24.5 Å². The molecule has 0 aliphatic carbocycles. The number of hydrogen-bond donors (Lipinski definition) is 0. The van der Waals surface area contributed by atoms with E-state index in [9.17, 15) is 4.39 Å². The van der Waals surface area contributed by atoms with Gasteiger partial charge in [-0.25, -0.2) is 4.39 Å². The van der Waals surface area contributed by atoms with Crippen LogP contribution in [0.1, 0.15) is 37.8 Å². The van der Waals surface area contributed by atoms with Gasteiger partial charge >= 0.3 is 0 Å². The maximum Gasteiger partial charge on any atom is 0.123 e. The standard InChI is InChI=1S/C22H27FN2/c1-17(2)24-12-10-22(11-13-24)16-25(15-18-6-4-3-5-7-18)21-9-8-19(23)14-20(21)22/h3-9,14,17H,10-13,15-16H2,1-2H3. The first-order valence-electron chi connectivity index (χ1n) is 9.40. The topological polar surface area (TPSA) is 6.48 Å². The van der Waals surface area contributed by atoms with Crippen LogP contribution in [0.2, 0.25) is 0 Å². The lowest BCUT2D eigenvalue weighted by Crippen LogP contribution is -2.47. The molecule has 0 amide bonds. The Bertz CT molecular complexity index is 733. The maximum absolute atomic E-state index is 14.0. The summed E-state index contributed by atoms with van der Waals surface area (Å²) in [6, 6.07) is 16.6. The molecule has 0 N–H and O–H groups in total. The average molecular weight is 338 g/mol. The van der Waals surface area contributed by atoms with E-state index in [2.05, 4.69) is 54.0 Å².